The number of hydrogen-bond acceptors (Lipinski definition) is 6. The van der Waals surface area contributed by atoms with E-state index in [1.54, 1.807) is 14.2 Å². The molecule has 6 heteroatoms. The first-order valence-corrected chi connectivity index (χ1v) is 6.59. The van der Waals surface area contributed by atoms with Gasteiger partial charge in [0, 0.05) is 47.1 Å². The van der Waals surface area contributed by atoms with Crippen LogP contribution in [0.1, 0.15) is 12.8 Å². The average molecular weight is 277 g/mol. The number of carbonyl (C=O) groups excluding carboxylic acids is 1. The van der Waals surface area contributed by atoms with E-state index in [2.05, 4.69) is 9.64 Å². The maximum Gasteiger partial charge on any atom is 0.306 e. The van der Waals surface area contributed by atoms with Crippen LogP contribution in [0.25, 0.3) is 0 Å². The molecule has 0 N–H and O–H groups in total. The second-order valence-electron chi connectivity index (χ2n) is 4.12. The van der Waals surface area contributed by atoms with Gasteiger partial charge in [-0.05, 0) is 6.42 Å². The van der Waals surface area contributed by atoms with Crippen molar-refractivity contribution >= 4 is 5.97 Å². The SMILES string of the molecule is COCCCOCCN(CCOC)CCC(=O)OC. The number of hydrogen-bond donors (Lipinski definition) is 0. The van der Waals surface area contributed by atoms with Gasteiger partial charge in [-0.15, -0.1) is 0 Å². The lowest BCUT2D eigenvalue weighted by Gasteiger charge is -2.21. The monoisotopic (exact) mass is 277 g/mol. The molecule has 0 aromatic carbocycles. The van der Waals surface area contributed by atoms with Crippen molar-refractivity contribution in [1.82, 2.24) is 4.90 Å². The molecule has 0 fully saturated rings. The van der Waals surface area contributed by atoms with Crippen molar-refractivity contribution in [2.24, 2.45) is 0 Å². The van der Waals surface area contributed by atoms with E-state index in [1.807, 2.05) is 0 Å². The van der Waals surface area contributed by atoms with Gasteiger partial charge in [0.25, 0.3) is 0 Å². The average Bonchev–Trinajstić information content (AvgIpc) is 2.44. The maximum atomic E-state index is 11.1. The Balaban J connectivity index is 3.69. The molecule has 0 rings (SSSR count). The molecule has 0 aliphatic heterocycles. The Labute approximate surface area is 115 Å². The van der Waals surface area contributed by atoms with Crippen molar-refractivity contribution in [2.75, 3.05) is 67.4 Å². The van der Waals surface area contributed by atoms with E-state index in [0.717, 1.165) is 26.1 Å². The van der Waals surface area contributed by atoms with Crippen molar-refractivity contribution in [2.45, 2.75) is 12.8 Å². The predicted molar refractivity (Wildman–Crippen MR) is 72.3 cm³/mol. The van der Waals surface area contributed by atoms with Crippen LogP contribution in [0.15, 0.2) is 0 Å². The Morgan fingerprint density at radius 2 is 1.58 bits per heavy atom. The summed E-state index contributed by atoms with van der Waals surface area (Å²) in [5, 5.41) is 0. The molecule has 0 bridgehead atoms. The van der Waals surface area contributed by atoms with Crippen LogP contribution in [0, 0.1) is 0 Å². The van der Waals surface area contributed by atoms with E-state index in [0.29, 0.717) is 32.8 Å². The molecular formula is C13H27NO5. The summed E-state index contributed by atoms with van der Waals surface area (Å²) >= 11 is 0. The maximum absolute atomic E-state index is 11.1. The summed E-state index contributed by atoms with van der Waals surface area (Å²) in [7, 11) is 4.75. The zero-order valence-electron chi connectivity index (χ0n) is 12.4. The second-order valence-corrected chi connectivity index (χ2v) is 4.12. The lowest BCUT2D eigenvalue weighted by Crippen LogP contribution is -2.33. The van der Waals surface area contributed by atoms with Gasteiger partial charge in [-0.25, -0.2) is 0 Å². The number of esters is 1. The molecule has 0 amide bonds. The highest BCUT2D eigenvalue weighted by atomic mass is 16.5. The number of ether oxygens (including phenoxy) is 4. The summed E-state index contributed by atoms with van der Waals surface area (Å²) in [5.74, 6) is -0.191. The predicted octanol–water partition coefficient (Wildman–Crippen LogP) is 0.551. The largest absolute Gasteiger partial charge is 0.469 e. The zero-order chi connectivity index (χ0) is 14.3. The number of carbonyl (C=O) groups is 1. The molecule has 0 aliphatic carbocycles. The third-order valence-corrected chi connectivity index (χ3v) is 2.66. The minimum absolute atomic E-state index is 0.191. The number of rotatable bonds is 13. The fourth-order valence-electron chi connectivity index (χ4n) is 1.51. The first kappa shape index (κ1) is 18.3. The van der Waals surface area contributed by atoms with Gasteiger partial charge in [0.1, 0.15) is 0 Å². The lowest BCUT2D eigenvalue weighted by molar-refractivity contribution is -0.141. The van der Waals surface area contributed by atoms with Gasteiger partial charge >= 0.3 is 5.97 Å². The van der Waals surface area contributed by atoms with E-state index in [9.17, 15) is 4.79 Å². The first-order valence-electron chi connectivity index (χ1n) is 6.59. The molecule has 19 heavy (non-hydrogen) atoms. The fraction of sp³-hybridized carbons (Fsp3) is 0.923. The molecule has 0 atom stereocenters. The van der Waals surface area contributed by atoms with Crippen molar-refractivity contribution in [3.05, 3.63) is 0 Å². The van der Waals surface area contributed by atoms with E-state index in [1.165, 1.54) is 7.11 Å². The fourth-order valence-corrected chi connectivity index (χ4v) is 1.51. The van der Waals surface area contributed by atoms with Crippen LogP contribution in [-0.2, 0) is 23.7 Å². The molecule has 0 aliphatic rings. The minimum Gasteiger partial charge on any atom is -0.469 e. The van der Waals surface area contributed by atoms with Gasteiger partial charge in [-0.1, -0.05) is 0 Å². The Morgan fingerprint density at radius 3 is 2.21 bits per heavy atom. The molecule has 114 valence electrons. The van der Waals surface area contributed by atoms with Gasteiger partial charge in [0.05, 0.1) is 26.7 Å². The zero-order valence-corrected chi connectivity index (χ0v) is 12.4. The molecule has 0 unspecified atom stereocenters. The smallest absolute Gasteiger partial charge is 0.306 e. The quantitative estimate of drug-likeness (QED) is 0.362. The molecule has 0 spiro atoms. The molecule has 0 saturated carbocycles. The Kier molecular flexibility index (Phi) is 13.2. The molecule has 0 radical (unpaired) electrons. The molecule has 0 saturated heterocycles. The third-order valence-electron chi connectivity index (χ3n) is 2.66. The summed E-state index contributed by atoms with van der Waals surface area (Å²) in [4.78, 5) is 13.2. The topological polar surface area (TPSA) is 57.2 Å². The normalized spacial score (nSPS) is 10.9. The van der Waals surface area contributed by atoms with Gasteiger partial charge in [0.15, 0.2) is 0 Å². The minimum atomic E-state index is -0.191. The van der Waals surface area contributed by atoms with Crippen molar-refractivity contribution in [1.29, 1.82) is 0 Å². The van der Waals surface area contributed by atoms with E-state index in [-0.39, 0.29) is 5.97 Å². The van der Waals surface area contributed by atoms with Crippen LogP contribution in [0.5, 0.6) is 0 Å². The summed E-state index contributed by atoms with van der Waals surface area (Å²) < 4.78 is 20.1. The van der Waals surface area contributed by atoms with Crippen LogP contribution in [0.3, 0.4) is 0 Å². The Morgan fingerprint density at radius 1 is 0.895 bits per heavy atom. The number of nitrogens with zero attached hydrogens (tertiary/aromatic N) is 1. The van der Waals surface area contributed by atoms with Crippen LogP contribution in [0.4, 0.5) is 0 Å². The Hall–Kier alpha value is -0.690. The van der Waals surface area contributed by atoms with Crippen molar-refractivity contribution < 1.29 is 23.7 Å². The summed E-state index contributed by atoms with van der Waals surface area (Å²) in [5.41, 5.74) is 0. The standard InChI is InChI=1S/C13H27NO5/c1-16-9-4-10-19-12-8-14(7-11-17-2)6-5-13(15)18-3/h4-12H2,1-3H3. The number of methoxy groups -OCH3 is 3. The van der Waals surface area contributed by atoms with Gasteiger partial charge < -0.3 is 18.9 Å². The van der Waals surface area contributed by atoms with E-state index >= 15 is 0 Å². The van der Waals surface area contributed by atoms with Crippen LogP contribution in [0.2, 0.25) is 0 Å². The van der Waals surface area contributed by atoms with Crippen LogP contribution < -0.4 is 0 Å². The first-order chi connectivity index (χ1) is 9.24. The highest BCUT2D eigenvalue weighted by molar-refractivity contribution is 5.69. The molecular weight excluding hydrogens is 250 g/mol. The van der Waals surface area contributed by atoms with Gasteiger partial charge in [-0.2, -0.15) is 0 Å². The van der Waals surface area contributed by atoms with Gasteiger partial charge in [0.2, 0.25) is 0 Å². The Bertz CT molecular complexity index is 213. The summed E-state index contributed by atoms with van der Waals surface area (Å²) in [6.45, 7) is 4.94. The van der Waals surface area contributed by atoms with Crippen LogP contribution >= 0.6 is 0 Å². The van der Waals surface area contributed by atoms with Crippen LogP contribution in [-0.4, -0.2) is 78.3 Å². The highest BCUT2D eigenvalue weighted by Crippen LogP contribution is 1.95. The van der Waals surface area contributed by atoms with E-state index in [4.69, 9.17) is 14.2 Å². The van der Waals surface area contributed by atoms with Gasteiger partial charge in [-0.3, -0.25) is 9.69 Å². The second kappa shape index (κ2) is 13.7. The lowest BCUT2D eigenvalue weighted by atomic mass is 10.3. The summed E-state index contributed by atoms with van der Waals surface area (Å²) in [6.07, 6.45) is 1.29. The van der Waals surface area contributed by atoms with Crippen molar-refractivity contribution in [3.8, 4) is 0 Å². The highest BCUT2D eigenvalue weighted by Gasteiger charge is 2.08. The van der Waals surface area contributed by atoms with Crippen molar-refractivity contribution in [3.63, 3.8) is 0 Å². The molecule has 6 nitrogen and oxygen atoms in total. The van der Waals surface area contributed by atoms with E-state index < -0.39 is 0 Å². The molecule has 0 aromatic heterocycles. The summed E-state index contributed by atoms with van der Waals surface area (Å²) in [6, 6.07) is 0. The third kappa shape index (κ3) is 12.1. The molecule has 0 aromatic rings. The molecule has 0 heterocycles.